The number of piperazine rings is 1. The number of aromatic nitrogens is 2. The van der Waals surface area contributed by atoms with Crippen LogP contribution >= 0.6 is 0 Å². The van der Waals surface area contributed by atoms with Gasteiger partial charge in [-0.1, -0.05) is 18.6 Å². The van der Waals surface area contributed by atoms with Crippen molar-refractivity contribution in [2.24, 2.45) is 0 Å². The second kappa shape index (κ2) is 8.73. The summed E-state index contributed by atoms with van der Waals surface area (Å²) in [5.74, 6) is 0.0576. The van der Waals surface area contributed by atoms with E-state index < -0.39 is 0 Å². The largest absolute Gasteiger partial charge is 0.368 e. The average Bonchev–Trinajstić information content (AvgIpc) is 3.00. The molecule has 0 bridgehead atoms. The number of nitrogens with zero attached hydrogens (tertiary/aromatic N) is 4. The fourth-order valence-corrected chi connectivity index (χ4v) is 4.71. The lowest BCUT2D eigenvalue weighted by molar-refractivity contribution is 0.0740. The van der Waals surface area contributed by atoms with Crippen LogP contribution in [-0.2, 0) is 13.0 Å². The minimum atomic E-state index is -0.307. The number of benzene rings is 2. The molecule has 3 heterocycles. The van der Waals surface area contributed by atoms with Gasteiger partial charge >= 0.3 is 0 Å². The zero-order chi connectivity index (χ0) is 22.1. The number of hydrogen-bond donors (Lipinski definition) is 0. The van der Waals surface area contributed by atoms with Gasteiger partial charge in [-0.15, -0.1) is 0 Å². The summed E-state index contributed by atoms with van der Waals surface area (Å²) in [6.45, 7) is 3.32. The lowest BCUT2D eigenvalue weighted by Gasteiger charge is -2.36. The second-order valence-electron chi connectivity index (χ2n) is 8.46. The van der Waals surface area contributed by atoms with Crippen LogP contribution in [0, 0.1) is 11.6 Å². The molecule has 0 saturated carbocycles. The fourth-order valence-electron chi connectivity index (χ4n) is 4.71. The molecule has 1 aromatic heterocycles. The van der Waals surface area contributed by atoms with Crippen molar-refractivity contribution in [1.82, 2.24) is 14.5 Å². The Balaban J connectivity index is 1.40. The molecular weight excluding hydrogens is 410 g/mol. The van der Waals surface area contributed by atoms with Crippen LogP contribution in [0.1, 0.15) is 35.4 Å². The van der Waals surface area contributed by atoms with Crippen LogP contribution in [0.15, 0.2) is 48.5 Å². The molecule has 0 unspecified atom stereocenters. The van der Waals surface area contributed by atoms with Crippen LogP contribution in [0.3, 0.4) is 0 Å². The second-order valence-corrected chi connectivity index (χ2v) is 8.46. The minimum absolute atomic E-state index is 0.0583. The van der Waals surface area contributed by atoms with Gasteiger partial charge in [0.1, 0.15) is 23.2 Å². The molecule has 3 aromatic rings. The van der Waals surface area contributed by atoms with Crippen molar-refractivity contribution < 1.29 is 13.6 Å². The van der Waals surface area contributed by atoms with Gasteiger partial charge in [0, 0.05) is 44.0 Å². The maximum atomic E-state index is 13.9. The Labute approximate surface area is 186 Å². The van der Waals surface area contributed by atoms with Crippen molar-refractivity contribution in [2.75, 3.05) is 31.1 Å². The van der Waals surface area contributed by atoms with Crippen LogP contribution in [0.2, 0.25) is 0 Å². The van der Waals surface area contributed by atoms with E-state index >= 15 is 0 Å². The first-order chi connectivity index (χ1) is 15.6. The van der Waals surface area contributed by atoms with Crippen LogP contribution < -0.4 is 4.90 Å². The van der Waals surface area contributed by atoms with Crippen molar-refractivity contribution in [3.8, 4) is 11.4 Å². The lowest BCUT2D eigenvalue weighted by Crippen LogP contribution is -2.49. The van der Waals surface area contributed by atoms with Crippen molar-refractivity contribution >= 4 is 11.6 Å². The van der Waals surface area contributed by atoms with Gasteiger partial charge in [0.2, 0.25) is 0 Å². The van der Waals surface area contributed by atoms with E-state index in [1.54, 1.807) is 18.2 Å². The Morgan fingerprint density at radius 1 is 0.844 bits per heavy atom. The predicted octanol–water partition coefficient (Wildman–Crippen LogP) is 4.52. The molecule has 2 aliphatic heterocycles. The Kier molecular flexibility index (Phi) is 5.64. The average molecular weight is 437 g/mol. The molecule has 5 rings (SSSR count). The molecule has 1 fully saturated rings. The van der Waals surface area contributed by atoms with Crippen LogP contribution in [0.5, 0.6) is 0 Å². The maximum Gasteiger partial charge on any atom is 0.274 e. The molecule has 32 heavy (non-hydrogen) atoms. The topological polar surface area (TPSA) is 41.4 Å². The third kappa shape index (κ3) is 3.99. The highest BCUT2D eigenvalue weighted by Gasteiger charge is 2.29. The summed E-state index contributed by atoms with van der Waals surface area (Å²) in [6, 6.07) is 12.9. The summed E-state index contributed by atoms with van der Waals surface area (Å²) in [6.07, 6.45) is 3.95. The number of anilines is 1. The Morgan fingerprint density at radius 2 is 1.62 bits per heavy atom. The van der Waals surface area contributed by atoms with E-state index in [0.717, 1.165) is 43.6 Å². The quantitative estimate of drug-likeness (QED) is 0.606. The fraction of sp³-hybridized carbons (Fsp3) is 0.360. The Hall–Kier alpha value is -3.22. The van der Waals surface area contributed by atoms with Gasteiger partial charge in [0.25, 0.3) is 5.91 Å². The van der Waals surface area contributed by atoms with E-state index in [9.17, 15) is 13.6 Å². The van der Waals surface area contributed by atoms with Gasteiger partial charge < -0.3 is 14.4 Å². The Morgan fingerprint density at radius 3 is 2.38 bits per heavy atom. The molecule has 0 radical (unpaired) electrons. The molecule has 0 spiro atoms. The highest BCUT2D eigenvalue weighted by molar-refractivity contribution is 5.94. The van der Waals surface area contributed by atoms with E-state index in [0.29, 0.717) is 43.3 Å². The summed E-state index contributed by atoms with van der Waals surface area (Å²) >= 11 is 0. The van der Waals surface area contributed by atoms with E-state index in [1.807, 2.05) is 11.0 Å². The number of fused-ring (bicyclic) bond motifs is 1. The molecule has 7 heteroatoms. The number of hydrogen-bond acceptors (Lipinski definition) is 3. The van der Waals surface area contributed by atoms with Gasteiger partial charge in [-0.2, -0.15) is 0 Å². The zero-order valence-corrected chi connectivity index (χ0v) is 17.9. The molecule has 0 aliphatic carbocycles. The van der Waals surface area contributed by atoms with Crippen molar-refractivity contribution in [3.63, 3.8) is 0 Å². The number of rotatable bonds is 3. The van der Waals surface area contributed by atoms with E-state index in [-0.39, 0.29) is 17.5 Å². The maximum absolute atomic E-state index is 13.9. The number of carbonyl (C=O) groups is 1. The van der Waals surface area contributed by atoms with Gasteiger partial charge in [-0.25, -0.2) is 13.8 Å². The SMILES string of the molecule is O=C(c1nc(-c2cccc(F)c2)n2c1CCCCC2)N1CCN(c2ccc(F)cc2)CC1. The zero-order valence-electron chi connectivity index (χ0n) is 17.9. The van der Waals surface area contributed by atoms with Crippen molar-refractivity contribution in [1.29, 1.82) is 0 Å². The highest BCUT2D eigenvalue weighted by Crippen LogP contribution is 2.29. The molecule has 166 valence electrons. The third-order valence-corrected chi connectivity index (χ3v) is 6.41. The highest BCUT2D eigenvalue weighted by atomic mass is 19.1. The molecule has 2 aromatic carbocycles. The van der Waals surface area contributed by atoms with Crippen molar-refractivity contribution in [3.05, 3.63) is 71.6 Å². The summed E-state index contributed by atoms with van der Waals surface area (Å²) in [5.41, 5.74) is 3.13. The number of halogens is 2. The first kappa shape index (κ1) is 20.7. The molecule has 5 nitrogen and oxygen atoms in total. The monoisotopic (exact) mass is 436 g/mol. The summed E-state index contributed by atoms with van der Waals surface area (Å²) in [7, 11) is 0. The van der Waals surface area contributed by atoms with Crippen LogP contribution in [0.4, 0.5) is 14.5 Å². The molecular formula is C25H26F2N4O. The number of imidazole rings is 1. The Bertz CT molecular complexity index is 1120. The minimum Gasteiger partial charge on any atom is -0.368 e. The van der Waals surface area contributed by atoms with Gasteiger partial charge in [-0.3, -0.25) is 4.79 Å². The van der Waals surface area contributed by atoms with Gasteiger partial charge in [-0.05, 0) is 55.7 Å². The first-order valence-corrected chi connectivity index (χ1v) is 11.3. The molecule has 1 saturated heterocycles. The van der Waals surface area contributed by atoms with Crippen LogP contribution in [0.25, 0.3) is 11.4 Å². The van der Waals surface area contributed by atoms with E-state index in [2.05, 4.69) is 9.47 Å². The van der Waals surface area contributed by atoms with Crippen molar-refractivity contribution in [2.45, 2.75) is 32.2 Å². The number of carbonyl (C=O) groups excluding carboxylic acids is 1. The summed E-state index contributed by atoms with van der Waals surface area (Å²) in [5, 5.41) is 0. The predicted molar refractivity (Wildman–Crippen MR) is 120 cm³/mol. The van der Waals surface area contributed by atoms with Crippen LogP contribution in [-0.4, -0.2) is 46.5 Å². The molecule has 2 aliphatic rings. The first-order valence-electron chi connectivity index (χ1n) is 11.3. The molecule has 0 atom stereocenters. The van der Waals surface area contributed by atoms with E-state index in [1.165, 1.54) is 24.3 Å². The standard InChI is InChI=1S/C25H26F2N4O/c26-19-8-10-21(11-9-19)29-13-15-30(16-14-29)25(32)23-22-7-2-1-3-12-31(22)24(28-23)18-5-4-6-20(27)17-18/h4-6,8-11,17H,1-3,7,12-16H2. The number of amides is 1. The normalized spacial score (nSPS) is 16.6. The van der Waals surface area contributed by atoms with Gasteiger partial charge in [0.15, 0.2) is 0 Å². The third-order valence-electron chi connectivity index (χ3n) is 6.41. The molecule has 0 N–H and O–H groups in total. The lowest BCUT2D eigenvalue weighted by atomic mass is 10.1. The summed E-state index contributed by atoms with van der Waals surface area (Å²) < 4.78 is 29.2. The smallest absolute Gasteiger partial charge is 0.274 e. The summed E-state index contributed by atoms with van der Waals surface area (Å²) in [4.78, 5) is 22.3. The van der Waals surface area contributed by atoms with E-state index in [4.69, 9.17) is 4.98 Å². The van der Waals surface area contributed by atoms with Gasteiger partial charge in [0.05, 0.1) is 5.69 Å². The molecule has 1 amide bonds.